The van der Waals surface area contributed by atoms with Crippen molar-refractivity contribution in [3.8, 4) is 11.5 Å². The Bertz CT molecular complexity index is 611. The van der Waals surface area contributed by atoms with E-state index in [1.807, 2.05) is 19.1 Å². The first-order chi connectivity index (χ1) is 10.2. The lowest BCUT2D eigenvalue weighted by Crippen LogP contribution is -2.38. The highest BCUT2D eigenvalue weighted by Crippen LogP contribution is 2.20. The fraction of sp³-hybridized carbons (Fsp3) is 0.467. The Morgan fingerprint density at radius 2 is 2.43 bits per heavy atom. The number of hydrogen-bond acceptors (Lipinski definition) is 4. The average Bonchev–Trinajstić information content (AvgIpc) is 3.14. The third-order valence-electron chi connectivity index (χ3n) is 3.77. The summed E-state index contributed by atoms with van der Waals surface area (Å²) in [6.07, 6.45) is 2.33. The molecule has 0 aliphatic carbocycles. The van der Waals surface area contributed by atoms with Crippen LogP contribution in [-0.4, -0.2) is 35.7 Å². The van der Waals surface area contributed by atoms with Gasteiger partial charge in [-0.3, -0.25) is 9.89 Å². The maximum atomic E-state index is 12.1. The van der Waals surface area contributed by atoms with Crippen LogP contribution < -0.4 is 10.6 Å². The van der Waals surface area contributed by atoms with E-state index in [-0.39, 0.29) is 5.91 Å². The number of nitrogens with one attached hydrogen (secondary N) is 3. The lowest BCUT2D eigenvalue weighted by molar-refractivity contribution is 0.0940. The van der Waals surface area contributed by atoms with Crippen LogP contribution in [0.3, 0.4) is 0 Å². The number of piperidine rings is 1. The molecule has 1 amide bonds. The molecule has 1 fully saturated rings. The zero-order chi connectivity index (χ0) is 14.7. The van der Waals surface area contributed by atoms with Crippen molar-refractivity contribution in [3.63, 3.8) is 0 Å². The molecule has 1 unspecified atom stereocenters. The minimum Gasteiger partial charge on any atom is -0.460 e. The number of carbonyl (C=O) groups excluding carboxylic acids is 1. The molecule has 2 aromatic heterocycles. The van der Waals surface area contributed by atoms with E-state index in [9.17, 15) is 4.79 Å². The van der Waals surface area contributed by atoms with Gasteiger partial charge < -0.3 is 15.1 Å². The van der Waals surface area contributed by atoms with E-state index in [0.717, 1.165) is 25.3 Å². The number of carbonyl (C=O) groups is 1. The number of rotatable bonds is 4. The van der Waals surface area contributed by atoms with Gasteiger partial charge in [-0.15, -0.1) is 0 Å². The number of aromatic nitrogens is 2. The topological polar surface area (TPSA) is 83.0 Å². The van der Waals surface area contributed by atoms with Gasteiger partial charge in [0.1, 0.15) is 11.5 Å². The maximum absolute atomic E-state index is 12.1. The fourth-order valence-corrected chi connectivity index (χ4v) is 2.57. The molecule has 1 aliphatic rings. The number of H-pyrrole nitrogens is 1. The van der Waals surface area contributed by atoms with E-state index in [4.69, 9.17) is 4.42 Å². The molecule has 1 atom stereocenters. The molecule has 0 bridgehead atoms. The van der Waals surface area contributed by atoms with Crippen molar-refractivity contribution in [1.29, 1.82) is 0 Å². The second-order valence-corrected chi connectivity index (χ2v) is 5.50. The molecular weight excluding hydrogens is 268 g/mol. The smallest absolute Gasteiger partial charge is 0.271 e. The first kappa shape index (κ1) is 13.9. The van der Waals surface area contributed by atoms with Crippen LogP contribution in [0.5, 0.6) is 0 Å². The van der Waals surface area contributed by atoms with Crippen LogP contribution in [0.4, 0.5) is 0 Å². The Balaban J connectivity index is 1.59. The van der Waals surface area contributed by atoms with Crippen LogP contribution in [0.1, 0.15) is 29.1 Å². The number of amides is 1. The summed E-state index contributed by atoms with van der Waals surface area (Å²) < 4.78 is 5.51. The molecule has 6 heteroatoms. The van der Waals surface area contributed by atoms with Crippen molar-refractivity contribution < 1.29 is 9.21 Å². The van der Waals surface area contributed by atoms with Gasteiger partial charge in [-0.25, -0.2) is 0 Å². The Kier molecular flexibility index (Phi) is 4.06. The molecule has 112 valence electrons. The van der Waals surface area contributed by atoms with Crippen LogP contribution in [0.15, 0.2) is 22.6 Å². The van der Waals surface area contributed by atoms with E-state index >= 15 is 0 Å². The van der Waals surface area contributed by atoms with Gasteiger partial charge in [0, 0.05) is 12.6 Å². The molecule has 21 heavy (non-hydrogen) atoms. The number of aryl methyl sites for hydroxylation is 1. The molecule has 6 nitrogen and oxygen atoms in total. The second kappa shape index (κ2) is 6.13. The predicted octanol–water partition coefficient (Wildman–Crippen LogP) is 1.71. The Labute approximate surface area is 123 Å². The minimum absolute atomic E-state index is 0.147. The SMILES string of the molecule is Cc1ccc(-c2cc(C(=O)NCC3CCCNC3)n[nH]2)o1. The molecule has 0 saturated carbocycles. The first-order valence-corrected chi connectivity index (χ1v) is 7.33. The molecule has 3 heterocycles. The summed E-state index contributed by atoms with van der Waals surface area (Å²) >= 11 is 0. The van der Waals surface area contributed by atoms with Crippen LogP contribution in [-0.2, 0) is 0 Å². The summed E-state index contributed by atoms with van der Waals surface area (Å²) in [5.41, 5.74) is 1.11. The Morgan fingerprint density at radius 1 is 1.52 bits per heavy atom. The third-order valence-corrected chi connectivity index (χ3v) is 3.77. The molecule has 0 spiro atoms. The van der Waals surface area contributed by atoms with Gasteiger partial charge in [-0.2, -0.15) is 5.10 Å². The summed E-state index contributed by atoms with van der Waals surface area (Å²) in [4.78, 5) is 12.1. The van der Waals surface area contributed by atoms with Crippen LogP contribution >= 0.6 is 0 Å². The van der Waals surface area contributed by atoms with Crippen molar-refractivity contribution >= 4 is 5.91 Å². The van der Waals surface area contributed by atoms with Gasteiger partial charge >= 0.3 is 0 Å². The first-order valence-electron chi connectivity index (χ1n) is 7.33. The van der Waals surface area contributed by atoms with Gasteiger partial charge in [-0.1, -0.05) is 0 Å². The van der Waals surface area contributed by atoms with Crippen molar-refractivity contribution in [3.05, 3.63) is 29.7 Å². The van der Waals surface area contributed by atoms with E-state index in [1.165, 1.54) is 6.42 Å². The van der Waals surface area contributed by atoms with E-state index in [2.05, 4.69) is 20.8 Å². The molecule has 3 N–H and O–H groups in total. The number of furan rings is 1. The zero-order valence-corrected chi connectivity index (χ0v) is 12.1. The Hall–Kier alpha value is -2.08. The molecule has 0 aromatic carbocycles. The van der Waals surface area contributed by atoms with Gasteiger partial charge in [0.15, 0.2) is 11.5 Å². The fourth-order valence-electron chi connectivity index (χ4n) is 2.57. The highest BCUT2D eigenvalue weighted by atomic mass is 16.3. The van der Waals surface area contributed by atoms with E-state index in [1.54, 1.807) is 6.07 Å². The molecular formula is C15H20N4O2. The molecule has 1 aliphatic heterocycles. The summed E-state index contributed by atoms with van der Waals surface area (Å²) in [6, 6.07) is 5.46. The molecule has 3 rings (SSSR count). The van der Waals surface area contributed by atoms with Crippen LogP contribution in [0.25, 0.3) is 11.5 Å². The number of hydrogen-bond donors (Lipinski definition) is 3. The average molecular weight is 288 g/mol. The summed E-state index contributed by atoms with van der Waals surface area (Å²) in [5.74, 6) is 1.88. The van der Waals surface area contributed by atoms with Gasteiger partial charge in [0.05, 0.1) is 0 Å². The van der Waals surface area contributed by atoms with Gasteiger partial charge in [0.25, 0.3) is 5.91 Å². The van der Waals surface area contributed by atoms with Crippen molar-refractivity contribution in [1.82, 2.24) is 20.8 Å². The molecule has 0 radical (unpaired) electrons. The standard InChI is InChI=1S/C15H20N4O2/c1-10-4-5-14(21-10)12-7-13(19-18-12)15(20)17-9-11-3-2-6-16-8-11/h4-5,7,11,16H,2-3,6,8-9H2,1H3,(H,17,20)(H,18,19). The molecule has 1 saturated heterocycles. The zero-order valence-electron chi connectivity index (χ0n) is 12.1. The van der Waals surface area contributed by atoms with E-state index in [0.29, 0.717) is 29.6 Å². The minimum atomic E-state index is -0.147. The van der Waals surface area contributed by atoms with Crippen LogP contribution in [0, 0.1) is 12.8 Å². The van der Waals surface area contributed by atoms with Crippen molar-refractivity contribution in [2.24, 2.45) is 5.92 Å². The molecule has 2 aromatic rings. The van der Waals surface area contributed by atoms with Gasteiger partial charge in [0.2, 0.25) is 0 Å². The summed E-state index contributed by atoms with van der Waals surface area (Å²) in [7, 11) is 0. The number of nitrogens with zero attached hydrogens (tertiary/aromatic N) is 1. The number of aromatic amines is 1. The predicted molar refractivity (Wildman–Crippen MR) is 79.0 cm³/mol. The van der Waals surface area contributed by atoms with Crippen molar-refractivity contribution in [2.75, 3.05) is 19.6 Å². The largest absolute Gasteiger partial charge is 0.460 e. The lowest BCUT2D eigenvalue weighted by atomic mass is 10.00. The third kappa shape index (κ3) is 3.33. The maximum Gasteiger partial charge on any atom is 0.271 e. The quantitative estimate of drug-likeness (QED) is 0.800. The summed E-state index contributed by atoms with van der Waals surface area (Å²) in [5, 5.41) is 13.2. The normalized spacial score (nSPS) is 18.6. The second-order valence-electron chi connectivity index (χ2n) is 5.50. The van der Waals surface area contributed by atoms with Gasteiger partial charge in [-0.05, 0) is 50.9 Å². The van der Waals surface area contributed by atoms with Crippen molar-refractivity contribution in [2.45, 2.75) is 19.8 Å². The highest BCUT2D eigenvalue weighted by Gasteiger charge is 2.16. The monoisotopic (exact) mass is 288 g/mol. The Morgan fingerprint density at radius 3 is 3.14 bits per heavy atom. The van der Waals surface area contributed by atoms with Crippen LogP contribution in [0.2, 0.25) is 0 Å². The highest BCUT2D eigenvalue weighted by molar-refractivity contribution is 5.93. The lowest BCUT2D eigenvalue weighted by Gasteiger charge is -2.22. The van der Waals surface area contributed by atoms with E-state index < -0.39 is 0 Å². The summed E-state index contributed by atoms with van der Waals surface area (Å²) in [6.45, 7) is 4.62.